The van der Waals surface area contributed by atoms with Crippen LogP contribution in [0.2, 0.25) is 0 Å². The fourth-order valence-corrected chi connectivity index (χ4v) is 4.09. The van der Waals surface area contributed by atoms with Crippen molar-refractivity contribution in [1.29, 1.82) is 0 Å². The molecule has 8 heteroatoms. The summed E-state index contributed by atoms with van der Waals surface area (Å²) in [6.07, 6.45) is 0. The van der Waals surface area contributed by atoms with E-state index in [9.17, 15) is 17.6 Å². The molecule has 25 heavy (non-hydrogen) atoms. The Hall–Kier alpha value is -1.90. The molecule has 0 aliphatic rings. The fourth-order valence-electron chi connectivity index (χ4n) is 2.04. The van der Waals surface area contributed by atoms with Gasteiger partial charge in [-0.05, 0) is 29.8 Å². The molecule has 0 heterocycles. The molecule has 0 amide bonds. The number of methoxy groups -OCH3 is 1. The first-order valence-electron chi connectivity index (χ1n) is 7.43. The summed E-state index contributed by atoms with van der Waals surface area (Å²) >= 11 is 1.43. The maximum Gasteiger partial charge on any atom is 0.337 e. The Balaban J connectivity index is 1.87. The Morgan fingerprint density at radius 2 is 1.96 bits per heavy atom. The number of halogens is 1. The smallest absolute Gasteiger partial charge is 0.337 e. The van der Waals surface area contributed by atoms with Gasteiger partial charge < -0.3 is 4.74 Å². The van der Waals surface area contributed by atoms with Crippen LogP contribution < -0.4 is 4.72 Å². The number of carbonyl (C=O) groups is 1. The molecule has 1 N–H and O–H groups in total. The lowest BCUT2D eigenvalue weighted by molar-refractivity contribution is 0.0600. The van der Waals surface area contributed by atoms with Crippen LogP contribution in [0.5, 0.6) is 0 Å². The highest BCUT2D eigenvalue weighted by Gasteiger charge is 2.16. The minimum absolute atomic E-state index is 0.00509. The van der Waals surface area contributed by atoms with E-state index in [0.29, 0.717) is 17.1 Å². The fraction of sp³-hybridized carbons (Fsp3) is 0.235. The van der Waals surface area contributed by atoms with E-state index in [1.807, 2.05) is 0 Å². The van der Waals surface area contributed by atoms with Gasteiger partial charge in [-0.25, -0.2) is 22.3 Å². The van der Waals surface area contributed by atoms with Crippen LogP contribution in [0.25, 0.3) is 0 Å². The predicted octanol–water partition coefficient (Wildman–Crippen LogP) is 2.82. The van der Waals surface area contributed by atoms with E-state index in [1.54, 1.807) is 18.2 Å². The number of hydrogen-bond acceptors (Lipinski definition) is 5. The molecule has 5 nitrogen and oxygen atoms in total. The molecule has 0 atom stereocenters. The standard InChI is InChI=1S/C17H18FNO4S2/c1-23-17(20)13-6-4-7-15(11-13)25(21,22)19-9-10-24-12-14-5-2-3-8-16(14)18/h2-8,11,19H,9-10,12H2,1H3. The third-order valence-corrected chi connectivity index (χ3v) is 5.79. The summed E-state index contributed by atoms with van der Waals surface area (Å²) in [7, 11) is -2.49. The minimum atomic E-state index is -3.72. The lowest BCUT2D eigenvalue weighted by Gasteiger charge is -2.08. The number of ether oxygens (including phenoxy) is 1. The van der Waals surface area contributed by atoms with Gasteiger partial charge in [0, 0.05) is 18.1 Å². The molecule has 0 spiro atoms. The average molecular weight is 383 g/mol. The zero-order valence-electron chi connectivity index (χ0n) is 13.6. The van der Waals surface area contributed by atoms with Gasteiger partial charge in [0.05, 0.1) is 17.6 Å². The first kappa shape index (κ1) is 19.4. The van der Waals surface area contributed by atoms with Crippen molar-refractivity contribution in [3.63, 3.8) is 0 Å². The van der Waals surface area contributed by atoms with Gasteiger partial charge in [-0.15, -0.1) is 0 Å². The van der Waals surface area contributed by atoms with Gasteiger partial charge in [0.1, 0.15) is 5.82 Å². The Labute approximate surface area is 150 Å². The van der Waals surface area contributed by atoms with Crippen molar-refractivity contribution < 1.29 is 22.3 Å². The number of thioether (sulfide) groups is 1. The van der Waals surface area contributed by atoms with E-state index in [0.717, 1.165) is 0 Å². The molecule has 0 aliphatic carbocycles. The van der Waals surface area contributed by atoms with E-state index < -0.39 is 16.0 Å². The summed E-state index contributed by atoms with van der Waals surface area (Å²) in [5.74, 6) is 0.0870. The van der Waals surface area contributed by atoms with Crippen molar-refractivity contribution in [2.45, 2.75) is 10.6 Å². The van der Waals surface area contributed by atoms with E-state index in [4.69, 9.17) is 0 Å². The number of carbonyl (C=O) groups excluding carboxylic acids is 1. The normalized spacial score (nSPS) is 11.3. The summed E-state index contributed by atoms with van der Waals surface area (Å²) in [4.78, 5) is 11.5. The van der Waals surface area contributed by atoms with Crippen LogP contribution in [0.3, 0.4) is 0 Å². The molecule has 134 valence electrons. The van der Waals surface area contributed by atoms with Crippen LogP contribution in [-0.2, 0) is 20.5 Å². The van der Waals surface area contributed by atoms with Crippen LogP contribution in [0.1, 0.15) is 15.9 Å². The minimum Gasteiger partial charge on any atom is -0.465 e. The summed E-state index contributed by atoms with van der Waals surface area (Å²) in [6.45, 7) is 0.198. The van der Waals surface area contributed by atoms with Gasteiger partial charge in [0.2, 0.25) is 10.0 Å². The highest BCUT2D eigenvalue weighted by Crippen LogP contribution is 2.16. The molecule has 0 saturated carbocycles. The van der Waals surface area contributed by atoms with E-state index in [2.05, 4.69) is 9.46 Å². The highest BCUT2D eigenvalue weighted by atomic mass is 32.2. The van der Waals surface area contributed by atoms with Crippen molar-refractivity contribution in [3.05, 3.63) is 65.5 Å². The van der Waals surface area contributed by atoms with Gasteiger partial charge in [0.25, 0.3) is 0 Å². The quantitative estimate of drug-likeness (QED) is 0.561. The second kappa shape index (κ2) is 8.98. The zero-order valence-corrected chi connectivity index (χ0v) is 15.2. The molecule has 0 radical (unpaired) electrons. The van der Waals surface area contributed by atoms with Gasteiger partial charge in [0.15, 0.2) is 0 Å². The molecular formula is C17H18FNO4S2. The Morgan fingerprint density at radius 1 is 1.20 bits per heavy atom. The second-order valence-electron chi connectivity index (χ2n) is 5.06. The summed E-state index contributed by atoms with van der Waals surface area (Å²) in [5.41, 5.74) is 0.750. The van der Waals surface area contributed by atoms with E-state index in [1.165, 1.54) is 49.2 Å². The van der Waals surface area contributed by atoms with Gasteiger partial charge in [-0.3, -0.25) is 0 Å². The molecule has 0 fully saturated rings. The van der Waals surface area contributed by atoms with Crippen LogP contribution in [-0.4, -0.2) is 33.8 Å². The van der Waals surface area contributed by atoms with Crippen molar-refractivity contribution >= 4 is 27.8 Å². The van der Waals surface area contributed by atoms with Gasteiger partial charge in [-0.1, -0.05) is 24.3 Å². The first-order valence-corrected chi connectivity index (χ1v) is 10.1. The third-order valence-electron chi connectivity index (χ3n) is 3.32. The van der Waals surface area contributed by atoms with Gasteiger partial charge in [-0.2, -0.15) is 11.8 Å². The van der Waals surface area contributed by atoms with Crippen molar-refractivity contribution in [2.24, 2.45) is 0 Å². The summed E-state index contributed by atoms with van der Waals surface area (Å²) in [5, 5.41) is 0. The van der Waals surface area contributed by atoms with Crippen LogP contribution in [0.4, 0.5) is 4.39 Å². The summed E-state index contributed by atoms with van der Waals surface area (Å²) in [6, 6.07) is 12.1. The number of benzene rings is 2. The maximum atomic E-state index is 13.5. The molecule has 0 bridgehead atoms. The van der Waals surface area contributed by atoms with Crippen molar-refractivity contribution in [1.82, 2.24) is 4.72 Å². The number of rotatable bonds is 8. The largest absolute Gasteiger partial charge is 0.465 e. The maximum absolute atomic E-state index is 13.5. The van der Waals surface area contributed by atoms with Crippen LogP contribution in [0.15, 0.2) is 53.4 Å². The number of nitrogens with one attached hydrogen (secondary N) is 1. The van der Waals surface area contributed by atoms with Crippen LogP contribution >= 0.6 is 11.8 Å². The van der Waals surface area contributed by atoms with Crippen molar-refractivity contribution in [2.75, 3.05) is 19.4 Å². The molecule has 2 rings (SSSR count). The SMILES string of the molecule is COC(=O)c1cccc(S(=O)(=O)NCCSCc2ccccc2F)c1. The third kappa shape index (κ3) is 5.55. The molecule has 0 aliphatic heterocycles. The van der Waals surface area contributed by atoms with Crippen LogP contribution in [0, 0.1) is 5.82 Å². The number of hydrogen-bond donors (Lipinski definition) is 1. The van der Waals surface area contributed by atoms with E-state index >= 15 is 0 Å². The Kier molecular flexibility index (Phi) is 6.98. The molecule has 0 unspecified atom stereocenters. The van der Waals surface area contributed by atoms with Crippen molar-refractivity contribution in [3.8, 4) is 0 Å². The monoisotopic (exact) mass is 383 g/mol. The zero-order chi connectivity index (χ0) is 18.3. The molecule has 2 aromatic carbocycles. The first-order chi connectivity index (χ1) is 11.9. The highest BCUT2D eigenvalue weighted by molar-refractivity contribution is 7.98. The topological polar surface area (TPSA) is 72.5 Å². The number of sulfonamides is 1. The van der Waals surface area contributed by atoms with E-state index in [-0.39, 0.29) is 22.8 Å². The predicted molar refractivity (Wildman–Crippen MR) is 95.5 cm³/mol. The second-order valence-corrected chi connectivity index (χ2v) is 7.93. The lowest BCUT2D eigenvalue weighted by Crippen LogP contribution is -2.26. The lowest BCUT2D eigenvalue weighted by atomic mass is 10.2. The summed E-state index contributed by atoms with van der Waals surface area (Å²) < 4.78 is 45.0. The average Bonchev–Trinajstić information content (AvgIpc) is 2.62. The Morgan fingerprint density at radius 3 is 2.68 bits per heavy atom. The molecule has 0 saturated heterocycles. The number of esters is 1. The Bertz CT molecular complexity index is 840. The molecular weight excluding hydrogens is 365 g/mol. The van der Waals surface area contributed by atoms with Gasteiger partial charge >= 0.3 is 5.97 Å². The molecule has 2 aromatic rings. The molecule has 0 aromatic heterocycles.